The molecule has 1 amide bonds. The van der Waals surface area contributed by atoms with Crippen molar-refractivity contribution in [3.05, 3.63) is 81.5 Å². The molecule has 1 aliphatic rings. The van der Waals surface area contributed by atoms with Crippen molar-refractivity contribution in [1.82, 2.24) is 44.5 Å². The lowest BCUT2D eigenvalue weighted by Crippen LogP contribution is -2.43. The number of likely N-dealkylation sites (N-methyl/N-ethyl adjacent to an activating group) is 1. The van der Waals surface area contributed by atoms with Crippen LogP contribution in [0.5, 0.6) is 11.5 Å². The number of hydrogen-bond acceptors (Lipinski definition) is 12. The Kier molecular flexibility index (Phi) is 13.4. The van der Waals surface area contributed by atoms with Gasteiger partial charge in [0.15, 0.2) is 0 Å². The molecular weight excluding hydrogens is 717 g/mol. The molecule has 0 unspecified atom stereocenters. The van der Waals surface area contributed by atoms with Crippen LogP contribution in [0.25, 0.3) is 22.2 Å². The summed E-state index contributed by atoms with van der Waals surface area (Å²) in [5.41, 5.74) is 10.8. The summed E-state index contributed by atoms with van der Waals surface area (Å²) in [5.74, 6) is 1.35. The van der Waals surface area contributed by atoms with Crippen LogP contribution in [-0.2, 0) is 19.6 Å². The van der Waals surface area contributed by atoms with Crippen LogP contribution in [-0.4, -0.2) is 126 Å². The van der Waals surface area contributed by atoms with E-state index in [2.05, 4.69) is 53.2 Å². The number of aromatic nitrogens is 5. The summed E-state index contributed by atoms with van der Waals surface area (Å²) in [6, 6.07) is 8.92. The first-order valence-corrected chi connectivity index (χ1v) is 17.8. The number of ether oxygens (including phenoxy) is 2. The highest BCUT2D eigenvalue weighted by atomic mass is 35.5. The average Bonchev–Trinajstić information content (AvgIpc) is 3.49. The molecule has 6 rings (SSSR count). The van der Waals surface area contributed by atoms with Gasteiger partial charge in [-0.1, -0.05) is 35.3 Å². The monoisotopic (exact) mass is 763 g/mol. The third kappa shape index (κ3) is 9.90. The van der Waals surface area contributed by atoms with Gasteiger partial charge in [-0.15, -0.1) is 0 Å². The highest BCUT2D eigenvalue weighted by molar-refractivity contribution is 6.41. The summed E-state index contributed by atoms with van der Waals surface area (Å²) in [4.78, 5) is 43.2. The van der Waals surface area contributed by atoms with Gasteiger partial charge in [0.2, 0.25) is 5.95 Å². The van der Waals surface area contributed by atoms with Crippen LogP contribution in [0.4, 0.5) is 11.8 Å². The number of H-pyrrole nitrogens is 1. The van der Waals surface area contributed by atoms with Gasteiger partial charge >= 0.3 is 0 Å². The number of aromatic amines is 1. The van der Waals surface area contributed by atoms with Crippen molar-refractivity contribution >= 4 is 51.9 Å². The number of fused-ring (bicyclic) bond motifs is 1. The van der Waals surface area contributed by atoms with Gasteiger partial charge < -0.3 is 34.9 Å². The largest absolute Gasteiger partial charge is 0.495 e. The molecule has 16 heteroatoms. The molecule has 0 aliphatic carbocycles. The van der Waals surface area contributed by atoms with E-state index < -0.39 is 0 Å². The maximum atomic E-state index is 13.4. The number of carbonyl (C=O) groups is 1. The number of methoxy groups -OCH3 is 2. The van der Waals surface area contributed by atoms with Crippen molar-refractivity contribution in [1.29, 1.82) is 0 Å². The quantitative estimate of drug-likeness (QED) is 0.164. The third-order valence-electron chi connectivity index (χ3n) is 8.60. The number of nitrogens with one attached hydrogen (secondary N) is 2. The molecule has 282 valence electrons. The summed E-state index contributed by atoms with van der Waals surface area (Å²) in [6.45, 7) is 6.86. The number of rotatable bonds is 11. The Bertz CT molecular complexity index is 1960. The zero-order chi connectivity index (χ0) is 38.2. The number of nitrogen functional groups attached to an aromatic ring is 1. The molecule has 14 nitrogen and oxygen atoms in total. The van der Waals surface area contributed by atoms with Crippen LogP contribution in [0, 0.1) is 0 Å². The van der Waals surface area contributed by atoms with Crippen LogP contribution in [0.2, 0.25) is 10.0 Å². The van der Waals surface area contributed by atoms with Gasteiger partial charge in [-0.05, 0) is 52.9 Å². The van der Waals surface area contributed by atoms with Gasteiger partial charge in [0.05, 0.1) is 46.7 Å². The minimum atomic E-state index is -0.385. The molecule has 4 N–H and O–H groups in total. The van der Waals surface area contributed by atoms with Crippen molar-refractivity contribution in [3.63, 3.8) is 0 Å². The molecule has 2 aromatic carbocycles. The molecule has 3 aromatic heterocycles. The van der Waals surface area contributed by atoms with Gasteiger partial charge in [-0.2, -0.15) is 0 Å². The Morgan fingerprint density at radius 2 is 1.55 bits per heavy atom. The lowest BCUT2D eigenvalue weighted by molar-refractivity contribution is 0.102. The Labute approximate surface area is 320 Å². The van der Waals surface area contributed by atoms with Gasteiger partial charge in [0.1, 0.15) is 22.8 Å². The number of pyridine rings is 1. The number of anilines is 2. The lowest BCUT2D eigenvalue weighted by Gasteiger charge is -2.32. The number of benzene rings is 2. The number of piperazine rings is 1. The second-order valence-electron chi connectivity index (χ2n) is 13.3. The Morgan fingerprint density at radius 3 is 2.13 bits per heavy atom. The van der Waals surface area contributed by atoms with E-state index in [0.717, 1.165) is 44.1 Å². The Balaban J connectivity index is 0.000000300. The smallest absolute Gasteiger partial charge is 0.260 e. The van der Waals surface area contributed by atoms with Crippen LogP contribution in [0.3, 0.4) is 0 Å². The minimum absolute atomic E-state index is 0.292. The zero-order valence-electron chi connectivity index (χ0n) is 31.2. The van der Waals surface area contributed by atoms with Gasteiger partial charge in [0.25, 0.3) is 5.91 Å². The van der Waals surface area contributed by atoms with Crippen LogP contribution >= 0.6 is 23.2 Å². The van der Waals surface area contributed by atoms with E-state index in [0.29, 0.717) is 74.1 Å². The Morgan fingerprint density at radius 1 is 0.906 bits per heavy atom. The van der Waals surface area contributed by atoms with Crippen molar-refractivity contribution < 1.29 is 14.3 Å². The van der Waals surface area contributed by atoms with E-state index >= 15 is 0 Å². The summed E-state index contributed by atoms with van der Waals surface area (Å²) >= 11 is 13.3. The van der Waals surface area contributed by atoms with E-state index in [1.165, 1.54) is 26.0 Å². The zero-order valence-corrected chi connectivity index (χ0v) is 32.7. The highest BCUT2D eigenvalue weighted by Crippen LogP contribution is 2.47. The van der Waals surface area contributed by atoms with Crippen LogP contribution < -0.4 is 20.5 Å². The fourth-order valence-electron chi connectivity index (χ4n) is 5.91. The predicted molar refractivity (Wildman–Crippen MR) is 211 cm³/mol. The molecule has 53 heavy (non-hydrogen) atoms. The summed E-state index contributed by atoms with van der Waals surface area (Å²) in [6.07, 6.45) is 4.93. The van der Waals surface area contributed by atoms with Crippen molar-refractivity contribution in [2.45, 2.75) is 19.6 Å². The first-order valence-electron chi connectivity index (χ1n) is 17.0. The number of amides is 1. The number of nitrogens with two attached hydrogens (primary N) is 1. The van der Waals surface area contributed by atoms with Gasteiger partial charge in [-0.25, -0.2) is 9.97 Å². The molecule has 0 saturated carbocycles. The van der Waals surface area contributed by atoms with Gasteiger partial charge in [0, 0.05) is 81.6 Å². The van der Waals surface area contributed by atoms with Crippen molar-refractivity contribution in [2.24, 2.45) is 0 Å². The molecule has 1 fully saturated rings. The summed E-state index contributed by atoms with van der Waals surface area (Å²) < 4.78 is 10.8. The second kappa shape index (κ2) is 18.0. The number of imidazole rings is 1. The van der Waals surface area contributed by atoms with E-state index in [1.807, 2.05) is 50.3 Å². The minimum Gasteiger partial charge on any atom is -0.495 e. The first kappa shape index (κ1) is 39.6. The third-order valence-corrected chi connectivity index (χ3v) is 9.35. The van der Waals surface area contributed by atoms with E-state index in [4.69, 9.17) is 38.4 Å². The fourth-order valence-corrected chi connectivity index (χ4v) is 6.62. The lowest BCUT2D eigenvalue weighted by atomic mass is 9.99. The number of halogens is 2. The predicted octanol–water partition coefficient (Wildman–Crippen LogP) is 5.13. The molecular formula is C37H47Cl2N11O3. The Hall–Kier alpha value is -4.57. The summed E-state index contributed by atoms with van der Waals surface area (Å²) in [7, 11) is 13.1. The molecule has 0 spiro atoms. The van der Waals surface area contributed by atoms with Crippen molar-refractivity contribution in [3.8, 4) is 22.6 Å². The number of hydrogen-bond donors (Lipinski definition) is 3. The SMILES string of the molecule is CN1CCN(Cc2ccc(N)nc2)CC1.COc1cc(OC)c(Cl)c(-c2ccc(C(=O)Nc3nc(CN(C)C)c(CN(C)C)[nH]3)c3nccnc23)c1Cl. The molecule has 0 atom stereocenters. The van der Waals surface area contributed by atoms with Crippen molar-refractivity contribution in [2.75, 3.05) is 86.7 Å². The maximum Gasteiger partial charge on any atom is 0.260 e. The molecule has 0 bridgehead atoms. The molecule has 5 aromatic rings. The van der Waals surface area contributed by atoms with Crippen LogP contribution in [0.1, 0.15) is 27.3 Å². The number of nitrogens with zero attached hydrogens (tertiary/aromatic N) is 8. The standard InChI is InChI=1S/C26H29Cl2N7O3.C11H18N4/c1-34(2)12-16-17(13-35(3)4)32-26(31-16)33-25(36)15-8-7-14(23-24(15)30-10-9-29-23)20-21(27)18(37-5)11-19(38-6)22(20)28;1-14-4-6-15(7-5-14)9-10-2-3-11(12)13-8-10/h7-11H,12-13H2,1-6H3,(H2,31,32,33,36);2-3,8H,4-7,9H2,1H3,(H2,12,13). The molecule has 0 radical (unpaired) electrons. The number of carbonyl (C=O) groups excluding carboxylic acids is 1. The fraction of sp³-hybridized carbons (Fsp3) is 0.378. The molecule has 1 aliphatic heterocycles. The van der Waals surface area contributed by atoms with E-state index in [-0.39, 0.29) is 5.91 Å². The topological polar surface area (TPSA) is 154 Å². The first-order chi connectivity index (χ1) is 25.4. The highest BCUT2D eigenvalue weighted by Gasteiger charge is 2.24. The van der Waals surface area contributed by atoms with Crippen LogP contribution in [0.15, 0.2) is 48.9 Å². The maximum absolute atomic E-state index is 13.4. The average molecular weight is 765 g/mol. The van der Waals surface area contributed by atoms with Gasteiger partial charge in [-0.3, -0.25) is 25.0 Å². The molecule has 1 saturated heterocycles. The molecule has 4 heterocycles. The van der Waals surface area contributed by atoms with E-state index in [1.54, 1.807) is 24.4 Å². The van der Waals surface area contributed by atoms with E-state index in [9.17, 15) is 4.79 Å². The normalized spacial score (nSPS) is 13.6. The summed E-state index contributed by atoms with van der Waals surface area (Å²) in [5, 5.41) is 3.46. The second-order valence-corrected chi connectivity index (χ2v) is 14.1.